The molecule has 0 aromatic carbocycles. The zero-order chi connectivity index (χ0) is 8.97. The molecule has 1 rings (SSSR count). The van der Waals surface area contributed by atoms with Gasteiger partial charge in [-0.05, 0) is 20.3 Å². The van der Waals surface area contributed by atoms with E-state index in [9.17, 15) is 0 Å². The van der Waals surface area contributed by atoms with Gasteiger partial charge in [-0.1, -0.05) is 6.92 Å². The Morgan fingerprint density at radius 2 is 2.25 bits per heavy atom. The first-order valence-corrected chi connectivity index (χ1v) is 5.06. The fourth-order valence-electron chi connectivity index (χ4n) is 0.815. The molecule has 0 saturated heterocycles. The molecule has 1 atom stereocenters. The van der Waals surface area contributed by atoms with Crippen LogP contribution in [0.3, 0.4) is 0 Å². The molecule has 3 nitrogen and oxygen atoms in total. The van der Waals surface area contributed by atoms with Crippen LogP contribution in [0.4, 0.5) is 0 Å². The second-order valence-corrected chi connectivity index (χ2v) is 4.17. The van der Waals surface area contributed by atoms with Gasteiger partial charge in [-0.2, -0.15) is 0 Å². The van der Waals surface area contributed by atoms with Crippen molar-refractivity contribution in [2.24, 2.45) is 0 Å². The largest absolute Gasteiger partial charge is 0.308 e. The monoisotopic (exact) mass is 185 g/mol. The summed E-state index contributed by atoms with van der Waals surface area (Å²) in [6.07, 6.45) is 1.15. The maximum absolute atomic E-state index is 4.03. The van der Waals surface area contributed by atoms with Gasteiger partial charge in [-0.15, -0.1) is 21.5 Å². The number of hydrogen-bond acceptors (Lipinski definition) is 4. The lowest BCUT2D eigenvalue weighted by Gasteiger charge is -2.08. The molecule has 1 N–H and O–H groups in total. The normalized spacial score (nSPS) is 13.2. The van der Waals surface area contributed by atoms with Crippen LogP contribution in [-0.4, -0.2) is 16.2 Å². The van der Waals surface area contributed by atoms with Gasteiger partial charge in [-0.3, -0.25) is 0 Å². The van der Waals surface area contributed by atoms with Crippen molar-refractivity contribution >= 4 is 11.3 Å². The van der Waals surface area contributed by atoms with Crippen molar-refractivity contribution in [1.29, 1.82) is 0 Å². The van der Waals surface area contributed by atoms with Crippen LogP contribution in [0.1, 0.15) is 30.3 Å². The highest BCUT2D eigenvalue weighted by Crippen LogP contribution is 2.07. The van der Waals surface area contributed by atoms with Crippen molar-refractivity contribution in [3.8, 4) is 0 Å². The molecule has 0 aliphatic carbocycles. The quantitative estimate of drug-likeness (QED) is 0.776. The summed E-state index contributed by atoms with van der Waals surface area (Å²) in [7, 11) is 0. The molecule has 1 heterocycles. The van der Waals surface area contributed by atoms with Gasteiger partial charge in [0.05, 0.1) is 0 Å². The van der Waals surface area contributed by atoms with Crippen LogP contribution in [0.2, 0.25) is 0 Å². The summed E-state index contributed by atoms with van der Waals surface area (Å²) in [6.45, 7) is 7.17. The molecule has 68 valence electrons. The second kappa shape index (κ2) is 4.52. The molecule has 0 aliphatic heterocycles. The lowest BCUT2D eigenvalue weighted by molar-refractivity contribution is 0.531. The number of aryl methyl sites for hydroxylation is 1. The summed E-state index contributed by atoms with van der Waals surface area (Å²) in [5.41, 5.74) is 0. The Morgan fingerprint density at radius 3 is 2.75 bits per heavy atom. The zero-order valence-corrected chi connectivity index (χ0v) is 8.61. The zero-order valence-electron chi connectivity index (χ0n) is 7.79. The van der Waals surface area contributed by atoms with Crippen molar-refractivity contribution in [3.05, 3.63) is 10.0 Å². The lowest BCUT2D eigenvalue weighted by Crippen LogP contribution is -2.24. The van der Waals surface area contributed by atoms with E-state index in [1.807, 2.05) is 6.92 Å². The number of nitrogens with one attached hydrogen (secondary N) is 1. The van der Waals surface area contributed by atoms with Gasteiger partial charge in [0.15, 0.2) is 0 Å². The van der Waals surface area contributed by atoms with E-state index in [1.54, 1.807) is 11.3 Å². The maximum Gasteiger partial charge on any atom is 0.131 e. The number of nitrogens with zero attached hydrogens (tertiary/aromatic N) is 2. The van der Waals surface area contributed by atoms with E-state index >= 15 is 0 Å². The highest BCUT2D eigenvalue weighted by molar-refractivity contribution is 7.11. The standard InChI is InChI=1S/C8H15N3S/c1-4-6(2)9-5-8-11-10-7(3)12-8/h6,9H,4-5H2,1-3H3. The van der Waals surface area contributed by atoms with Crippen LogP contribution < -0.4 is 5.32 Å². The highest BCUT2D eigenvalue weighted by Gasteiger charge is 2.01. The Labute approximate surface area is 77.2 Å². The van der Waals surface area contributed by atoms with Gasteiger partial charge in [-0.25, -0.2) is 0 Å². The minimum Gasteiger partial charge on any atom is -0.308 e. The number of aromatic nitrogens is 2. The predicted molar refractivity (Wildman–Crippen MR) is 51.2 cm³/mol. The Morgan fingerprint density at radius 1 is 1.50 bits per heavy atom. The van der Waals surface area contributed by atoms with E-state index in [-0.39, 0.29) is 0 Å². The third kappa shape index (κ3) is 2.87. The second-order valence-electron chi connectivity index (χ2n) is 2.91. The smallest absolute Gasteiger partial charge is 0.131 e. The molecule has 0 spiro atoms. The third-order valence-electron chi connectivity index (χ3n) is 1.78. The van der Waals surface area contributed by atoms with Crippen molar-refractivity contribution in [1.82, 2.24) is 15.5 Å². The molecule has 1 aromatic heterocycles. The lowest BCUT2D eigenvalue weighted by atomic mass is 10.3. The average molecular weight is 185 g/mol. The summed E-state index contributed by atoms with van der Waals surface area (Å²) < 4.78 is 0. The van der Waals surface area contributed by atoms with E-state index in [4.69, 9.17) is 0 Å². The minimum absolute atomic E-state index is 0.564. The van der Waals surface area contributed by atoms with Crippen molar-refractivity contribution < 1.29 is 0 Å². The van der Waals surface area contributed by atoms with E-state index in [1.165, 1.54) is 0 Å². The summed E-state index contributed by atoms with van der Waals surface area (Å²) in [6, 6.07) is 0.564. The summed E-state index contributed by atoms with van der Waals surface area (Å²) in [4.78, 5) is 0. The Kier molecular flexibility index (Phi) is 3.62. The number of rotatable bonds is 4. The van der Waals surface area contributed by atoms with Crippen molar-refractivity contribution in [2.45, 2.75) is 39.8 Å². The third-order valence-corrected chi connectivity index (χ3v) is 2.62. The van der Waals surface area contributed by atoms with Crippen LogP contribution >= 0.6 is 11.3 Å². The van der Waals surface area contributed by atoms with Crippen LogP contribution in [-0.2, 0) is 6.54 Å². The van der Waals surface area contributed by atoms with Gasteiger partial charge in [0.25, 0.3) is 0 Å². The van der Waals surface area contributed by atoms with E-state index in [0.717, 1.165) is 23.0 Å². The summed E-state index contributed by atoms with van der Waals surface area (Å²) in [5.74, 6) is 0. The molecule has 0 amide bonds. The molecular weight excluding hydrogens is 170 g/mol. The molecular formula is C8H15N3S. The summed E-state index contributed by atoms with van der Waals surface area (Å²) >= 11 is 1.66. The minimum atomic E-state index is 0.564. The molecule has 4 heteroatoms. The van der Waals surface area contributed by atoms with E-state index in [0.29, 0.717) is 6.04 Å². The van der Waals surface area contributed by atoms with Gasteiger partial charge in [0.2, 0.25) is 0 Å². The van der Waals surface area contributed by atoms with Crippen LogP contribution in [0.25, 0.3) is 0 Å². The van der Waals surface area contributed by atoms with E-state index < -0.39 is 0 Å². The fraction of sp³-hybridized carbons (Fsp3) is 0.750. The highest BCUT2D eigenvalue weighted by atomic mass is 32.1. The molecule has 0 bridgehead atoms. The molecule has 1 unspecified atom stereocenters. The molecule has 12 heavy (non-hydrogen) atoms. The van der Waals surface area contributed by atoms with Crippen LogP contribution in [0.5, 0.6) is 0 Å². The summed E-state index contributed by atoms with van der Waals surface area (Å²) in [5, 5.41) is 13.5. The molecule has 1 aromatic rings. The first-order valence-electron chi connectivity index (χ1n) is 4.24. The number of hydrogen-bond donors (Lipinski definition) is 1. The molecule has 0 saturated carbocycles. The average Bonchev–Trinajstić information content (AvgIpc) is 2.47. The first kappa shape index (κ1) is 9.61. The molecule has 0 aliphatic rings. The predicted octanol–water partition coefficient (Wildman–Crippen LogP) is 1.73. The Bertz CT molecular complexity index is 234. The van der Waals surface area contributed by atoms with Crippen molar-refractivity contribution in [3.63, 3.8) is 0 Å². The Balaban J connectivity index is 2.33. The topological polar surface area (TPSA) is 37.8 Å². The fourth-order valence-corrected chi connectivity index (χ4v) is 1.47. The van der Waals surface area contributed by atoms with Gasteiger partial charge < -0.3 is 5.32 Å². The van der Waals surface area contributed by atoms with Crippen molar-refractivity contribution in [2.75, 3.05) is 0 Å². The van der Waals surface area contributed by atoms with E-state index in [2.05, 4.69) is 29.4 Å². The van der Waals surface area contributed by atoms with Gasteiger partial charge in [0, 0.05) is 12.6 Å². The van der Waals surface area contributed by atoms with Crippen LogP contribution in [0, 0.1) is 6.92 Å². The molecule has 0 radical (unpaired) electrons. The Hall–Kier alpha value is -0.480. The van der Waals surface area contributed by atoms with Gasteiger partial charge in [0.1, 0.15) is 10.0 Å². The van der Waals surface area contributed by atoms with Crippen LogP contribution in [0.15, 0.2) is 0 Å². The molecule has 0 fully saturated rings. The maximum atomic E-state index is 4.03. The SMILES string of the molecule is CCC(C)NCc1nnc(C)s1. The van der Waals surface area contributed by atoms with Gasteiger partial charge >= 0.3 is 0 Å². The first-order chi connectivity index (χ1) is 5.72.